The van der Waals surface area contributed by atoms with Crippen LogP contribution in [0.1, 0.15) is 53.4 Å². The summed E-state index contributed by atoms with van der Waals surface area (Å²) in [5, 5.41) is 0. The van der Waals surface area contributed by atoms with Gasteiger partial charge in [0, 0.05) is 11.8 Å². The number of nitrogens with zero attached hydrogens (tertiary/aromatic N) is 1. The summed E-state index contributed by atoms with van der Waals surface area (Å²) in [7, 11) is 0. The summed E-state index contributed by atoms with van der Waals surface area (Å²) in [5.74, 6) is 0.00297. The summed E-state index contributed by atoms with van der Waals surface area (Å²) >= 11 is 0. The van der Waals surface area contributed by atoms with Gasteiger partial charge in [-0.1, -0.05) is 50.1 Å². The lowest BCUT2D eigenvalue weighted by Crippen LogP contribution is -2.06. The predicted molar refractivity (Wildman–Crippen MR) is 82.1 cm³/mol. The van der Waals surface area contributed by atoms with Crippen molar-refractivity contribution in [2.75, 3.05) is 0 Å². The number of benzene rings is 1. The number of carbonyl (C=O) groups is 1. The molecule has 2 heteroatoms. The van der Waals surface area contributed by atoms with Crippen LogP contribution in [0.2, 0.25) is 0 Å². The van der Waals surface area contributed by atoms with Gasteiger partial charge in [0.25, 0.3) is 0 Å². The van der Waals surface area contributed by atoms with Gasteiger partial charge in [-0.15, -0.1) is 0 Å². The normalized spacial score (nSPS) is 10.5. The fraction of sp³-hybridized carbons (Fsp3) is 0.333. The number of aryl methyl sites for hydroxylation is 2. The van der Waals surface area contributed by atoms with Gasteiger partial charge in [-0.25, -0.2) is 0 Å². The first kappa shape index (κ1) is 14.4. The second kappa shape index (κ2) is 6.99. The van der Waals surface area contributed by atoms with Gasteiger partial charge in [0.2, 0.25) is 5.78 Å². The molecular formula is C18H21NO. The molecule has 20 heavy (non-hydrogen) atoms. The third-order valence-corrected chi connectivity index (χ3v) is 3.51. The second-order valence-corrected chi connectivity index (χ2v) is 5.15. The summed E-state index contributed by atoms with van der Waals surface area (Å²) in [6.07, 6.45) is 6.46. The standard InChI is InChI=1S/C18H21NO/c1-3-4-5-8-15-9-11-16(12-10-15)18(20)17-14(2)7-6-13-19-17/h6-7,9-13H,3-5,8H2,1-2H3. The smallest absolute Gasteiger partial charge is 0.211 e. The Labute approximate surface area is 120 Å². The topological polar surface area (TPSA) is 30.0 Å². The van der Waals surface area contributed by atoms with Crippen molar-refractivity contribution in [1.82, 2.24) is 4.98 Å². The van der Waals surface area contributed by atoms with E-state index in [-0.39, 0.29) is 5.78 Å². The first-order valence-electron chi connectivity index (χ1n) is 7.27. The monoisotopic (exact) mass is 267 g/mol. The van der Waals surface area contributed by atoms with Crippen molar-refractivity contribution in [3.63, 3.8) is 0 Å². The van der Waals surface area contributed by atoms with Crippen LogP contribution in [0, 0.1) is 6.92 Å². The van der Waals surface area contributed by atoms with Crippen LogP contribution in [0.4, 0.5) is 0 Å². The maximum atomic E-state index is 12.4. The number of hydrogen-bond donors (Lipinski definition) is 0. The number of pyridine rings is 1. The molecule has 2 rings (SSSR count). The molecule has 0 aliphatic rings. The van der Waals surface area contributed by atoms with Crippen LogP contribution < -0.4 is 0 Å². The Morgan fingerprint density at radius 3 is 2.50 bits per heavy atom. The van der Waals surface area contributed by atoms with Crippen LogP contribution in [-0.2, 0) is 6.42 Å². The molecule has 0 unspecified atom stereocenters. The minimum Gasteiger partial charge on any atom is -0.287 e. The zero-order chi connectivity index (χ0) is 14.4. The largest absolute Gasteiger partial charge is 0.287 e. The molecule has 0 bridgehead atoms. The lowest BCUT2D eigenvalue weighted by Gasteiger charge is -2.05. The molecule has 0 aliphatic carbocycles. The van der Waals surface area contributed by atoms with Crippen LogP contribution in [-0.4, -0.2) is 10.8 Å². The molecule has 0 spiro atoms. The quantitative estimate of drug-likeness (QED) is 0.575. The fourth-order valence-electron chi connectivity index (χ4n) is 2.26. The van der Waals surface area contributed by atoms with Gasteiger partial charge in [0.1, 0.15) is 5.69 Å². The third-order valence-electron chi connectivity index (χ3n) is 3.51. The van der Waals surface area contributed by atoms with Crippen molar-refractivity contribution >= 4 is 5.78 Å². The van der Waals surface area contributed by atoms with E-state index in [1.807, 2.05) is 31.2 Å². The number of ketones is 1. The molecule has 0 saturated heterocycles. The molecular weight excluding hydrogens is 246 g/mol. The summed E-state index contributed by atoms with van der Waals surface area (Å²) in [4.78, 5) is 16.6. The Morgan fingerprint density at radius 1 is 1.10 bits per heavy atom. The molecule has 0 amide bonds. The fourth-order valence-corrected chi connectivity index (χ4v) is 2.26. The van der Waals surface area contributed by atoms with E-state index in [1.165, 1.54) is 24.8 Å². The van der Waals surface area contributed by atoms with Gasteiger partial charge < -0.3 is 0 Å². The molecule has 0 aliphatic heterocycles. The number of carbonyl (C=O) groups excluding carboxylic acids is 1. The first-order chi connectivity index (χ1) is 9.72. The Balaban J connectivity index is 2.10. The SMILES string of the molecule is CCCCCc1ccc(C(=O)c2ncccc2C)cc1. The van der Waals surface area contributed by atoms with Crippen molar-refractivity contribution < 1.29 is 4.79 Å². The summed E-state index contributed by atoms with van der Waals surface area (Å²) in [5.41, 5.74) is 3.48. The summed E-state index contributed by atoms with van der Waals surface area (Å²) in [6, 6.07) is 11.7. The van der Waals surface area contributed by atoms with Crippen LogP contribution in [0.15, 0.2) is 42.6 Å². The third kappa shape index (κ3) is 3.53. The van der Waals surface area contributed by atoms with Gasteiger partial charge in [0.05, 0.1) is 0 Å². The maximum absolute atomic E-state index is 12.4. The van der Waals surface area contributed by atoms with Crippen molar-refractivity contribution in [2.45, 2.75) is 39.5 Å². The molecule has 0 saturated carbocycles. The van der Waals surface area contributed by atoms with Crippen LogP contribution in [0.5, 0.6) is 0 Å². The van der Waals surface area contributed by atoms with E-state index in [0.717, 1.165) is 12.0 Å². The zero-order valence-electron chi connectivity index (χ0n) is 12.2. The summed E-state index contributed by atoms with van der Waals surface area (Å²) in [6.45, 7) is 4.12. The highest BCUT2D eigenvalue weighted by Gasteiger charge is 2.12. The molecule has 2 nitrogen and oxygen atoms in total. The van der Waals surface area contributed by atoms with Crippen LogP contribution in [0.3, 0.4) is 0 Å². The van der Waals surface area contributed by atoms with Crippen molar-refractivity contribution in [1.29, 1.82) is 0 Å². The predicted octanol–water partition coefficient (Wildman–Crippen LogP) is 4.35. The highest BCUT2D eigenvalue weighted by molar-refractivity contribution is 6.08. The number of rotatable bonds is 6. The molecule has 0 radical (unpaired) electrons. The average Bonchev–Trinajstić information content (AvgIpc) is 2.48. The van der Waals surface area contributed by atoms with Gasteiger partial charge in [-0.3, -0.25) is 9.78 Å². The Bertz CT molecular complexity index is 572. The zero-order valence-corrected chi connectivity index (χ0v) is 12.2. The van der Waals surface area contributed by atoms with E-state index in [9.17, 15) is 4.79 Å². The molecule has 1 heterocycles. The number of aromatic nitrogens is 1. The minimum absolute atomic E-state index is 0.00297. The van der Waals surface area contributed by atoms with Crippen molar-refractivity contribution in [3.8, 4) is 0 Å². The molecule has 2 aromatic rings. The second-order valence-electron chi connectivity index (χ2n) is 5.15. The van der Waals surface area contributed by atoms with E-state index >= 15 is 0 Å². The van der Waals surface area contributed by atoms with E-state index in [0.29, 0.717) is 11.3 Å². The Hall–Kier alpha value is -1.96. The molecule has 1 aromatic carbocycles. The van der Waals surface area contributed by atoms with Crippen molar-refractivity contribution in [2.24, 2.45) is 0 Å². The van der Waals surface area contributed by atoms with E-state index in [4.69, 9.17) is 0 Å². The minimum atomic E-state index is 0.00297. The van der Waals surface area contributed by atoms with Gasteiger partial charge >= 0.3 is 0 Å². The Kier molecular flexibility index (Phi) is 5.05. The van der Waals surface area contributed by atoms with Crippen molar-refractivity contribution in [3.05, 3.63) is 65.0 Å². The summed E-state index contributed by atoms with van der Waals surface area (Å²) < 4.78 is 0. The lowest BCUT2D eigenvalue weighted by atomic mass is 10.0. The number of hydrogen-bond acceptors (Lipinski definition) is 2. The molecule has 104 valence electrons. The van der Waals surface area contributed by atoms with Gasteiger partial charge in [0.15, 0.2) is 0 Å². The van der Waals surface area contributed by atoms with E-state index < -0.39 is 0 Å². The number of unbranched alkanes of at least 4 members (excludes halogenated alkanes) is 2. The van der Waals surface area contributed by atoms with E-state index in [2.05, 4.69) is 24.0 Å². The van der Waals surface area contributed by atoms with Gasteiger partial charge in [-0.2, -0.15) is 0 Å². The van der Waals surface area contributed by atoms with Crippen LogP contribution in [0.25, 0.3) is 0 Å². The van der Waals surface area contributed by atoms with Gasteiger partial charge in [-0.05, 0) is 37.0 Å². The molecule has 0 atom stereocenters. The lowest BCUT2D eigenvalue weighted by molar-refractivity contribution is 0.103. The first-order valence-corrected chi connectivity index (χ1v) is 7.27. The molecule has 1 aromatic heterocycles. The molecule has 0 fully saturated rings. The van der Waals surface area contributed by atoms with Crippen LogP contribution >= 0.6 is 0 Å². The molecule has 0 N–H and O–H groups in total. The average molecular weight is 267 g/mol. The maximum Gasteiger partial charge on any atom is 0.211 e. The highest BCUT2D eigenvalue weighted by atomic mass is 16.1. The van der Waals surface area contributed by atoms with E-state index in [1.54, 1.807) is 6.20 Å². The Morgan fingerprint density at radius 2 is 1.85 bits per heavy atom. The highest BCUT2D eigenvalue weighted by Crippen LogP contribution is 2.14.